The first kappa shape index (κ1) is 12.2. The summed E-state index contributed by atoms with van der Waals surface area (Å²) in [5, 5.41) is 7.84. The topological polar surface area (TPSA) is 83.7 Å². The number of hydrogen-bond acceptors (Lipinski definition) is 5. The number of nitrogens with one attached hydrogen (secondary N) is 1. The Hall–Kier alpha value is -1.85. The Morgan fingerprint density at radius 3 is 3.00 bits per heavy atom. The predicted molar refractivity (Wildman–Crippen MR) is 75.9 cm³/mol. The molecule has 0 aliphatic heterocycles. The Morgan fingerprint density at radius 2 is 2.21 bits per heavy atom. The maximum Gasteiger partial charge on any atom is 0.224 e. The molecule has 0 radical (unpaired) electrons. The Morgan fingerprint density at radius 1 is 1.37 bits per heavy atom. The van der Waals surface area contributed by atoms with Gasteiger partial charge in [0, 0.05) is 13.1 Å². The van der Waals surface area contributed by atoms with Crippen molar-refractivity contribution in [3.05, 3.63) is 6.20 Å². The van der Waals surface area contributed by atoms with Crippen molar-refractivity contribution in [1.29, 1.82) is 0 Å². The molecule has 2 aromatic rings. The van der Waals surface area contributed by atoms with Gasteiger partial charge in [-0.25, -0.2) is 0 Å². The van der Waals surface area contributed by atoms with Gasteiger partial charge in [-0.1, -0.05) is 19.8 Å². The molecule has 1 aliphatic rings. The van der Waals surface area contributed by atoms with E-state index in [2.05, 4.69) is 39.0 Å². The second-order valence-corrected chi connectivity index (χ2v) is 5.57. The smallest absolute Gasteiger partial charge is 0.224 e. The molecule has 19 heavy (non-hydrogen) atoms. The van der Waals surface area contributed by atoms with Crippen LogP contribution in [0, 0.1) is 5.92 Å². The van der Waals surface area contributed by atoms with Crippen LogP contribution >= 0.6 is 0 Å². The van der Waals surface area contributed by atoms with Gasteiger partial charge in [0.2, 0.25) is 5.95 Å². The summed E-state index contributed by atoms with van der Waals surface area (Å²) in [5.74, 6) is 1.96. The van der Waals surface area contributed by atoms with Crippen LogP contribution in [0.15, 0.2) is 6.20 Å². The Labute approximate surface area is 112 Å². The van der Waals surface area contributed by atoms with Gasteiger partial charge in [0.15, 0.2) is 5.65 Å². The van der Waals surface area contributed by atoms with E-state index in [1.807, 2.05) is 0 Å². The number of aromatic amines is 1. The lowest BCUT2D eigenvalue weighted by Gasteiger charge is -2.35. The number of rotatable bonds is 2. The van der Waals surface area contributed by atoms with Gasteiger partial charge in [-0.05, 0) is 18.8 Å². The van der Waals surface area contributed by atoms with Crippen LogP contribution in [0.4, 0.5) is 11.8 Å². The average molecular weight is 260 g/mol. The quantitative estimate of drug-likeness (QED) is 0.862. The van der Waals surface area contributed by atoms with Crippen molar-refractivity contribution in [2.24, 2.45) is 5.92 Å². The van der Waals surface area contributed by atoms with Gasteiger partial charge in [-0.3, -0.25) is 5.10 Å². The van der Waals surface area contributed by atoms with E-state index >= 15 is 0 Å². The Balaban J connectivity index is 1.96. The van der Waals surface area contributed by atoms with Crippen LogP contribution < -0.4 is 10.6 Å². The highest BCUT2D eigenvalue weighted by molar-refractivity contribution is 5.87. The highest BCUT2D eigenvalue weighted by Crippen LogP contribution is 2.31. The van der Waals surface area contributed by atoms with E-state index < -0.39 is 0 Å². The van der Waals surface area contributed by atoms with Gasteiger partial charge in [-0.15, -0.1) is 0 Å². The van der Waals surface area contributed by atoms with E-state index in [1.165, 1.54) is 25.7 Å². The summed E-state index contributed by atoms with van der Waals surface area (Å²) in [5.41, 5.74) is 6.49. The molecule has 0 amide bonds. The average Bonchev–Trinajstić information content (AvgIpc) is 2.85. The van der Waals surface area contributed by atoms with Crippen molar-refractivity contribution in [3.8, 4) is 0 Å². The van der Waals surface area contributed by atoms with E-state index in [1.54, 1.807) is 6.20 Å². The molecular formula is C13H20N6. The monoisotopic (exact) mass is 260 g/mol. The van der Waals surface area contributed by atoms with Gasteiger partial charge < -0.3 is 10.6 Å². The third-order valence-corrected chi connectivity index (χ3v) is 4.10. The molecule has 3 N–H and O–H groups in total. The van der Waals surface area contributed by atoms with Gasteiger partial charge in [-0.2, -0.15) is 15.1 Å². The number of hydrogen-bond donors (Lipinski definition) is 2. The minimum absolute atomic E-state index is 0.294. The number of aromatic nitrogens is 4. The molecule has 2 aromatic heterocycles. The second kappa shape index (κ2) is 4.68. The van der Waals surface area contributed by atoms with Crippen molar-refractivity contribution < 1.29 is 0 Å². The molecule has 0 bridgehead atoms. The zero-order valence-corrected chi connectivity index (χ0v) is 11.4. The fraction of sp³-hybridized carbons (Fsp3) is 0.615. The van der Waals surface area contributed by atoms with Crippen LogP contribution in [0.2, 0.25) is 0 Å². The molecule has 1 aliphatic carbocycles. The standard InChI is InChI=1S/C13H20N6/c1-8-4-3-5-9(6-8)19(2)12-10-7-15-18-11(10)16-13(14)17-12/h7-9H,3-6H2,1-2H3,(H3,14,15,16,17,18). The molecular weight excluding hydrogens is 240 g/mol. The third-order valence-electron chi connectivity index (χ3n) is 4.10. The molecule has 0 saturated heterocycles. The Bertz CT molecular complexity index is 578. The second-order valence-electron chi connectivity index (χ2n) is 5.57. The number of nitrogens with two attached hydrogens (primary N) is 1. The lowest BCUT2D eigenvalue weighted by molar-refractivity contribution is 0.336. The molecule has 2 unspecified atom stereocenters. The van der Waals surface area contributed by atoms with Crippen LogP contribution in [0.5, 0.6) is 0 Å². The first-order valence-corrected chi connectivity index (χ1v) is 6.84. The van der Waals surface area contributed by atoms with Crippen molar-refractivity contribution in [2.45, 2.75) is 38.6 Å². The van der Waals surface area contributed by atoms with Crippen LogP contribution in [0.25, 0.3) is 11.0 Å². The van der Waals surface area contributed by atoms with Crippen molar-refractivity contribution in [1.82, 2.24) is 20.2 Å². The van der Waals surface area contributed by atoms with Gasteiger partial charge in [0.05, 0.1) is 11.6 Å². The summed E-state index contributed by atoms with van der Waals surface area (Å²) in [4.78, 5) is 10.8. The van der Waals surface area contributed by atoms with Crippen molar-refractivity contribution in [3.63, 3.8) is 0 Å². The minimum atomic E-state index is 0.294. The zero-order chi connectivity index (χ0) is 13.4. The van der Waals surface area contributed by atoms with E-state index in [0.29, 0.717) is 17.6 Å². The fourth-order valence-corrected chi connectivity index (χ4v) is 3.03. The zero-order valence-electron chi connectivity index (χ0n) is 11.4. The number of nitrogen functional groups attached to an aromatic ring is 1. The van der Waals surface area contributed by atoms with E-state index in [9.17, 15) is 0 Å². The number of H-pyrrole nitrogens is 1. The number of fused-ring (bicyclic) bond motifs is 1. The summed E-state index contributed by atoms with van der Waals surface area (Å²) in [6, 6.07) is 0.524. The largest absolute Gasteiger partial charge is 0.368 e. The molecule has 0 aromatic carbocycles. The third kappa shape index (κ3) is 2.22. The van der Waals surface area contributed by atoms with Crippen molar-refractivity contribution >= 4 is 22.8 Å². The van der Waals surface area contributed by atoms with Crippen LogP contribution in [0.1, 0.15) is 32.6 Å². The summed E-state index contributed by atoms with van der Waals surface area (Å²) in [6.45, 7) is 2.32. The normalized spacial score (nSPS) is 23.7. The molecule has 6 nitrogen and oxygen atoms in total. The molecule has 1 saturated carbocycles. The maximum absolute atomic E-state index is 5.78. The summed E-state index contributed by atoms with van der Waals surface area (Å²) in [6.07, 6.45) is 6.80. The lowest BCUT2D eigenvalue weighted by atomic mass is 9.86. The molecule has 0 spiro atoms. The van der Waals surface area contributed by atoms with E-state index in [-0.39, 0.29) is 0 Å². The first-order chi connectivity index (χ1) is 9.15. The molecule has 6 heteroatoms. The van der Waals surface area contributed by atoms with Crippen molar-refractivity contribution in [2.75, 3.05) is 17.7 Å². The Kier molecular flexibility index (Phi) is 3.00. The summed E-state index contributed by atoms with van der Waals surface area (Å²) >= 11 is 0. The molecule has 1 fully saturated rings. The summed E-state index contributed by atoms with van der Waals surface area (Å²) in [7, 11) is 2.09. The first-order valence-electron chi connectivity index (χ1n) is 6.84. The minimum Gasteiger partial charge on any atom is -0.368 e. The summed E-state index contributed by atoms with van der Waals surface area (Å²) < 4.78 is 0. The van der Waals surface area contributed by atoms with Gasteiger partial charge >= 0.3 is 0 Å². The van der Waals surface area contributed by atoms with E-state index in [0.717, 1.165) is 17.1 Å². The van der Waals surface area contributed by atoms with E-state index in [4.69, 9.17) is 5.73 Å². The molecule has 3 rings (SSSR count). The molecule has 2 heterocycles. The van der Waals surface area contributed by atoms with Gasteiger partial charge in [0.1, 0.15) is 5.82 Å². The predicted octanol–water partition coefficient (Wildman–Crippen LogP) is 1.95. The lowest BCUT2D eigenvalue weighted by Crippen LogP contribution is -2.36. The van der Waals surface area contributed by atoms with Crippen LogP contribution in [0.3, 0.4) is 0 Å². The van der Waals surface area contributed by atoms with Crippen LogP contribution in [-0.4, -0.2) is 33.3 Å². The molecule has 102 valence electrons. The SMILES string of the molecule is CC1CCCC(N(C)c2nc(N)nc3[nH]ncc23)C1. The number of nitrogens with zero attached hydrogens (tertiary/aromatic N) is 4. The fourth-order valence-electron chi connectivity index (χ4n) is 3.03. The van der Waals surface area contributed by atoms with Gasteiger partial charge in [0.25, 0.3) is 0 Å². The highest BCUT2D eigenvalue weighted by Gasteiger charge is 2.25. The molecule has 2 atom stereocenters. The highest BCUT2D eigenvalue weighted by atomic mass is 15.2. The maximum atomic E-state index is 5.78. The van der Waals surface area contributed by atoms with Crippen LogP contribution in [-0.2, 0) is 0 Å². The number of anilines is 2.